The van der Waals surface area contributed by atoms with Gasteiger partial charge < -0.3 is 0 Å². The van der Waals surface area contributed by atoms with Crippen molar-refractivity contribution in [2.75, 3.05) is 0 Å². The van der Waals surface area contributed by atoms with Crippen molar-refractivity contribution >= 4 is 11.6 Å². The zero-order valence-corrected chi connectivity index (χ0v) is 11.9. The third-order valence-corrected chi connectivity index (χ3v) is 7.69. The van der Waals surface area contributed by atoms with Crippen LogP contribution in [0.3, 0.4) is 0 Å². The van der Waals surface area contributed by atoms with E-state index in [2.05, 4.69) is 27.7 Å². The Morgan fingerprint density at radius 2 is 1.75 bits per heavy atom. The van der Waals surface area contributed by atoms with E-state index >= 15 is 0 Å². The summed E-state index contributed by atoms with van der Waals surface area (Å²) in [6.07, 6.45) is 6.82. The first-order valence-electron chi connectivity index (χ1n) is 6.99. The average molecular weight is 241 g/mol. The second kappa shape index (κ2) is 2.99. The Morgan fingerprint density at radius 1 is 1.06 bits per heavy atom. The summed E-state index contributed by atoms with van der Waals surface area (Å²) < 4.78 is 0. The molecule has 92 valence electrons. The third-order valence-electron chi connectivity index (χ3n) is 6.76. The average Bonchev–Trinajstić information content (AvgIpc) is 2.17. The molecule has 0 spiro atoms. The molecule has 0 nitrogen and oxygen atoms in total. The first-order chi connectivity index (χ1) is 7.30. The highest BCUT2D eigenvalue weighted by atomic mass is 35.5. The molecule has 4 rings (SSSR count). The van der Waals surface area contributed by atoms with E-state index in [1.807, 2.05) is 0 Å². The van der Waals surface area contributed by atoms with Gasteiger partial charge in [0.15, 0.2) is 0 Å². The number of alkyl halides is 1. The van der Waals surface area contributed by atoms with Gasteiger partial charge in [-0.05, 0) is 60.7 Å². The van der Waals surface area contributed by atoms with Crippen LogP contribution in [0.4, 0.5) is 0 Å². The fourth-order valence-corrected chi connectivity index (χ4v) is 5.93. The van der Waals surface area contributed by atoms with Crippen molar-refractivity contribution in [3.8, 4) is 0 Å². The van der Waals surface area contributed by atoms with Crippen molar-refractivity contribution in [3.05, 3.63) is 0 Å². The molecule has 4 fully saturated rings. The monoisotopic (exact) mass is 240 g/mol. The van der Waals surface area contributed by atoms with Crippen LogP contribution >= 0.6 is 11.6 Å². The summed E-state index contributed by atoms with van der Waals surface area (Å²) in [5.74, 6) is 2.61. The van der Waals surface area contributed by atoms with Gasteiger partial charge in [0.2, 0.25) is 0 Å². The molecule has 0 aromatic carbocycles. The summed E-state index contributed by atoms with van der Waals surface area (Å²) in [4.78, 5) is 0.107. The lowest BCUT2D eigenvalue weighted by molar-refractivity contribution is -0.132. The minimum Gasteiger partial charge on any atom is -0.118 e. The van der Waals surface area contributed by atoms with Crippen LogP contribution in [0.2, 0.25) is 0 Å². The smallest absolute Gasteiger partial charge is 0.0533 e. The Labute approximate surface area is 105 Å². The highest BCUT2D eigenvalue weighted by Crippen LogP contribution is 2.70. The molecule has 1 unspecified atom stereocenters. The van der Waals surface area contributed by atoms with E-state index in [0.717, 1.165) is 17.8 Å². The molecule has 0 aliphatic heterocycles. The maximum Gasteiger partial charge on any atom is 0.0533 e. The quantitative estimate of drug-likeness (QED) is 0.531. The van der Waals surface area contributed by atoms with Gasteiger partial charge >= 0.3 is 0 Å². The normalized spacial score (nSPS) is 58.7. The first-order valence-corrected chi connectivity index (χ1v) is 7.37. The van der Waals surface area contributed by atoms with Crippen LogP contribution in [0.5, 0.6) is 0 Å². The second-order valence-electron chi connectivity index (χ2n) is 7.71. The lowest BCUT2D eigenvalue weighted by Gasteiger charge is -2.68. The Bertz CT molecular complexity index is 321. The van der Waals surface area contributed by atoms with Gasteiger partial charge in [-0.2, -0.15) is 0 Å². The van der Waals surface area contributed by atoms with E-state index in [1.165, 1.54) is 32.1 Å². The zero-order chi connectivity index (χ0) is 11.8. The number of halogens is 1. The van der Waals surface area contributed by atoms with Gasteiger partial charge in [0.1, 0.15) is 0 Å². The molecule has 0 aromatic rings. The van der Waals surface area contributed by atoms with Crippen molar-refractivity contribution < 1.29 is 0 Å². The van der Waals surface area contributed by atoms with E-state index in [1.54, 1.807) is 0 Å². The highest BCUT2D eigenvalue weighted by molar-refractivity contribution is 6.25. The zero-order valence-electron chi connectivity index (χ0n) is 11.1. The molecule has 4 aliphatic rings. The SMILES string of the molecule is C[C@@H]1C2CCC(C)(C)[C@@]3(Cl)C[C@]1(C)CC[C@@H]23. The summed E-state index contributed by atoms with van der Waals surface area (Å²) in [6, 6.07) is 0. The van der Waals surface area contributed by atoms with Crippen LogP contribution < -0.4 is 0 Å². The van der Waals surface area contributed by atoms with Crippen molar-refractivity contribution in [2.45, 2.75) is 64.7 Å². The molecule has 0 saturated heterocycles. The van der Waals surface area contributed by atoms with E-state index in [0.29, 0.717) is 10.8 Å². The van der Waals surface area contributed by atoms with Crippen LogP contribution in [0, 0.1) is 28.6 Å². The van der Waals surface area contributed by atoms with Gasteiger partial charge in [-0.25, -0.2) is 0 Å². The maximum atomic E-state index is 7.15. The summed E-state index contributed by atoms with van der Waals surface area (Å²) in [7, 11) is 0. The van der Waals surface area contributed by atoms with Crippen molar-refractivity contribution in [1.29, 1.82) is 0 Å². The Kier molecular flexibility index (Phi) is 2.13. The van der Waals surface area contributed by atoms with Crippen LogP contribution in [0.15, 0.2) is 0 Å². The largest absolute Gasteiger partial charge is 0.118 e. The van der Waals surface area contributed by atoms with Crippen LogP contribution in [0.25, 0.3) is 0 Å². The predicted molar refractivity (Wildman–Crippen MR) is 69.7 cm³/mol. The molecule has 0 aromatic heterocycles. The number of rotatable bonds is 0. The lowest BCUT2D eigenvalue weighted by Crippen LogP contribution is -2.64. The van der Waals surface area contributed by atoms with E-state index in [-0.39, 0.29) is 4.87 Å². The summed E-state index contributed by atoms with van der Waals surface area (Å²) in [5, 5.41) is 0. The van der Waals surface area contributed by atoms with Crippen LogP contribution in [-0.4, -0.2) is 4.87 Å². The van der Waals surface area contributed by atoms with Crippen LogP contribution in [-0.2, 0) is 0 Å². The number of hydrogen-bond donors (Lipinski definition) is 0. The minimum absolute atomic E-state index is 0.107. The predicted octanol–water partition coefficient (Wildman–Crippen LogP) is 4.86. The Balaban J connectivity index is 2.07. The van der Waals surface area contributed by atoms with Gasteiger partial charge in [-0.3, -0.25) is 0 Å². The number of hydrogen-bond acceptors (Lipinski definition) is 0. The third kappa shape index (κ3) is 1.13. The molecule has 4 aliphatic carbocycles. The van der Waals surface area contributed by atoms with Gasteiger partial charge in [0.05, 0.1) is 4.87 Å². The fraction of sp³-hybridized carbons (Fsp3) is 1.00. The second-order valence-corrected chi connectivity index (χ2v) is 8.39. The molecule has 0 radical (unpaired) electrons. The molecule has 4 saturated carbocycles. The number of fused-ring (bicyclic) bond motifs is 1. The molecule has 0 N–H and O–H groups in total. The summed E-state index contributed by atoms with van der Waals surface area (Å²) in [5.41, 5.74) is 0.871. The molecular formula is C15H25Cl. The first kappa shape index (κ1) is 11.4. The van der Waals surface area contributed by atoms with E-state index in [9.17, 15) is 0 Å². The standard InChI is InChI=1S/C15H25Cl/c1-10-11-5-7-13(2,3)15(16)9-14(10,4)8-6-12(11)15/h10-12H,5-9H2,1-4H3/t10-,11?,12+,14+,15-/m1/s1. The van der Waals surface area contributed by atoms with Crippen LogP contribution in [0.1, 0.15) is 59.8 Å². The molecule has 1 heteroatoms. The minimum atomic E-state index is 0.107. The van der Waals surface area contributed by atoms with Gasteiger partial charge in [-0.15, -0.1) is 11.6 Å². The molecular weight excluding hydrogens is 216 g/mol. The van der Waals surface area contributed by atoms with Gasteiger partial charge in [-0.1, -0.05) is 27.7 Å². The highest BCUT2D eigenvalue weighted by Gasteiger charge is 2.65. The van der Waals surface area contributed by atoms with E-state index < -0.39 is 0 Å². The van der Waals surface area contributed by atoms with Crippen molar-refractivity contribution in [1.82, 2.24) is 0 Å². The van der Waals surface area contributed by atoms with Crippen molar-refractivity contribution in [2.24, 2.45) is 28.6 Å². The Hall–Kier alpha value is 0.290. The Morgan fingerprint density at radius 3 is 2.44 bits per heavy atom. The molecule has 16 heavy (non-hydrogen) atoms. The molecule has 5 atom stereocenters. The summed E-state index contributed by atoms with van der Waals surface area (Å²) in [6.45, 7) is 9.81. The van der Waals surface area contributed by atoms with E-state index in [4.69, 9.17) is 11.6 Å². The summed E-state index contributed by atoms with van der Waals surface area (Å²) >= 11 is 7.15. The fourth-order valence-electron chi connectivity index (χ4n) is 5.26. The lowest BCUT2D eigenvalue weighted by atomic mass is 9.40. The molecule has 0 heterocycles. The van der Waals surface area contributed by atoms with Gasteiger partial charge in [0, 0.05) is 0 Å². The molecule has 0 amide bonds. The topological polar surface area (TPSA) is 0 Å². The van der Waals surface area contributed by atoms with Crippen molar-refractivity contribution in [3.63, 3.8) is 0 Å². The van der Waals surface area contributed by atoms with Gasteiger partial charge in [0.25, 0.3) is 0 Å². The molecule has 4 bridgehead atoms. The maximum absolute atomic E-state index is 7.15.